The molecule has 128 valence electrons. The van der Waals surface area contributed by atoms with Crippen LogP contribution in [0, 0.1) is 0 Å². The van der Waals surface area contributed by atoms with E-state index in [-0.39, 0.29) is 5.56 Å². The molecule has 0 unspecified atom stereocenters. The highest BCUT2D eigenvalue weighted by Gasteiger charge is 2.21. The summed E-state index contributed by atoms with van der Waals surface area (Å²) in [6.45, 7) is 0. The molecule has 4 rings (SSSR count). The molecule has 3 nitrogen and oxygen atoms in total. The number of aryl methyl sites for hydroxylation is 2. The van der Waals surface area contributed by atoms with Crippen molar-refractivity contribution in [3.8, 4) is 0 Å². The Labute approximate surface area is 155 Å². The molecule has 0 spiro atoms. The Balaban J connectivity index is 1.59. The molecular weight excluding hydrogens is 348 g/mol. The van der Waals surface area contributed by atoms with Crippen molar-refractivity contribution < 1.29 is 0 Å². The molecule has 0 radical (unpaired) electrons. The smallest absolute Gasteiger partial charge is 0.262 e. The third-order valence-corrected chi connectivity index (χ3v) is 6.74. The number of fused-ring (bicyclic) bond motifs is 3. The normalized spacial score (nSPS) is 14.3. The third kappa shape index (κ3) is 3.31. The first-order valence-corrected chi connectivity index (χ1v) is 10.4. The molecule has 3 aromatic rings. The molecule has 0 saturated heterocycles. The van der Waals surface area contributed by atoms with Crippen LogP contribution in [0.5, 0.6) is 0 Å². The van der Waals surface area contributed by atoms with E-state index in [0.29, 0.717) is 0 Å². The Kier molecular flexibility index (Phi) is 4.77. The molecule has 0 atom stereocenters. The highest BCUT2D eigenvalue weighted by molar-refractivity contribution is 7.99. The zero-order valence-corrected chi connectivity index (χ0v) is 15.8. The first kappa shape index (κ1) is 16.6. The van der Waals surface area contributed by atoms with Crippen molar-refractivity contribution in [1.29, 1.82) is 0 Å². The van der Waals surface area contributed by atoms with E-state index in [1.54, 1.807) is 27.7 Å². The summed E-state index contributed by atoms with van der Waals surface area (Å²) in [5, 5.41) is 1.67. The number of hydrogen-bond acceptors (Lipinski definition) is 4. The van der Waals surface area contributed by atoms with Crippen molar-refractivity contribution in [1.82, 2.24) is 9.55 Å². The summed E-state index contributed by atoms with van der Waals surface area (Å²) < 4.78 is 1.71. The molecule has 1 aromatic carbocycles. The highest BCUT2D eigenvalue weighted by atomic mass is 32.2. The molecular formula is C20H20N2OS2. The van der Waals surface area contributed by atoms with Gasteiger partial charge in [-0.25, -0.2) is 4.98 Å². The van der Waals surface area contributed by atoms with Crippen LogP contribution in [-0.2, 0) is 19.9 Å². The Morgan fingerprint density at radius 3 is 2.88 bits per heavy atom. The summed E-state index contributed by atoms with van der Waals surface area (Å²) in [6, 6.07) is 10.2. The molecule has 0 aliphatic heterocycles. The summed E-state index contributed by atoms with van der Waals surface area (Å²) in [6.07, 6.45) is 8.76. The van der Waals surface area contributed by atoms with Crippen LogP contribution in [0.2, 0.25) is 0 Å². The summed E-state index contributed by atoms with van der Waals surface area (Å²) in [4.78, 5) is 19.9. The van der Waals surface area contributed by atoms with Crippen LogP contribution < -0.4 is 5.56 Å². The van der Waals surface area contributed by atoms with Crippen LogP contribution in [0.4, 0.5) is 0 Å². The number of nitrogens with zero attached hydrogens (tertiary/aromatic N) is 2. The van der Waals surface area contributed by atoms with E-state index in [9.17, 15) is 4.79 Å². The second-order valence-corrected chi connectivity index (χ2v) is 8.34. The minimum atomic E-state index is 0.110. The van der Waals surface area contributed by atoms with Gasteiger partial charge in [0.15, 0.2) is 5.16 Å². The lowest BCUT2D eigenvalue weighted by molar-refractivity contribution is 0.695. The van der Waals surface area contributed by atoms with Crippen LogP contribution in [0.3, 0.4) is 0 Å². The second-order valence-electron chi connectivity index (χ2n) is 6.27. The zero-order chi connectivity index (χ0) is 17.2. The Bertz CT molecular complexity index is 986. The fourth-order valence-corrected chi connectivity index (χ4v) is 5.35. The molecule has 25 heavy (non-hydrogen) atoms. The lowest BCUT2D eigenvalue weighted by Gasteiger charge is -2.10. The van der Waals surface area contributed by atoms with Crippen LogP contribution in [-0.4, -0.2) is 15.3 Å². The fraction of sp³-hybridized carbons (Fsp3) is 0.300. The standard InChI is InChI=1S/C20H20N2OS2/c1-22-19(23)17-15-11-5-6-12-16(15)25-18(17)21-20(22)24-13-7-10-14-8-3-2-4-9-14/h2-4,7-10H,5-6,11-13H2,1H3. The van der Waals surface area contributed by atoms with E-state index in [4.69, 9.17) is 4.98 Å². The molecule has 0 N–H and O–H groups in total. The molecule has 0 saturated carbocycles. The first-order chi connectivity index (χ1) is 12.2. The first-order valence-electron chi connectivity index (χ1n) is 8.59. The average molecular weight is 369 g/mol. The van der Waals surface area contributed by atoms with Gasteiger partial charge < -0.3 is 0 Å². The average Bonchev–Trinajstić information content (AvgIpc) is 3.02. The molecule has 2 aromatic heterocycles. The van der Waals surface area contributed by atoms with Crippen LogP contribution in [0.15, 0.2) is 46.4 Å². The van der Waals surface area contributed by atoms with E-state index in [0.717, 1.165) is 34.0 Å². The van der Waals surface area contributed by atoms with Crippen molar-refractivity contribution in [2.75, 3.05) is 5.75 Å². The fourth-order valence-electron chi connectivity index (χ4n) is 3.27. The van der Waals surface area contributed by atoms with Gasteiger partial charge in [-0.3, -0.25) is 9.36 Å². The summed E-state index contributed by atoms with van der Waals surface area (Å²) in [5.74, 6) is 0.797. The van der Waals surface area contributed by atoms with Crippen LogP contribution >= 0.6 is 23.1 Å². The van der Waals surface area contributed by atoms with Crippen molar-refractivity contribution in [2.24, 2.45) is 7.05 Å². The minimum absolute atomic E-state index is 0.110. The topological polar surface area (TPSA) is 34.9 Å². The molecule has 1 aliphatic carbocycles. The predicted molar refractivity (Wildman–Crippen MR) is 108 cm³/mol. The minimum Gasteiger partial charge on any atom is -0.290 e. The van der Waals surface area contributed by atoms with Gasteiger partial charge in [0.2, 0.25) is 0 Å². The van der Waals surface area contributed by atoms with Gasteiger partial charge in [-0.15, -0.1) is 11.3 Å². The predicted octanol–water partition coefficient (Wildman–Crippen LogP) is 4.68. The SMILES string of the molecule is Cn1c(SCC=Cc2ccccc2)nc2sc3c(c2c1=O)CCCC3. The summed E-state index contributed by atoms with van der Waals surface area (Å²) in [5.41, 5.74) is 2.56. The Hall–Kier alpha value is -1.85. The maximum atomic E-state index is 12.8. The Morgan fingerprint density at radius 1 is 1.24 bits per heavy atom. The van der Waals surface area contributed by atoms with Crippen molar-refractivity contribution >= 4 is 39.4 Å². The van der Waals surface area contributed by atoms with Gasteiger partial charge in [-0.2, -0.15) is 0 Å². The Morgan fingerprint density at radius 2 is 2.04 bits per heavy atom. The number of thioether (sulfide) groups is 1. The molecule has 1 aliphatic rings. The monoisotopic (exact) mass is 368 g/mol. The van der Waals surface area contributed by atoms with Gasteiger partial charge in [0, 0.05) is 17.7 Å². The van der Waals surface area contributed by atoms with Gasteiger partial charge in [-0.05, 0) is 36.8 Å². The van der Waals surface area contributed by atoms with Crippen molar-refractivity contribution in [3.63, 3.8) is 0 Å². The number of hydrogen-bond donors (Lipinski definition) is 0. The number of benzene rings is 1. The van der Waals surface area contributed by atoms with Gasteiger partial charge in [0.1, 0.15) is 4.83 Å². The van der Waals surface area contributed by atoms with Gasteiger partial charge in [0.05, 0.1) is 5.39 Å². The van der Waals surface area contributed by atoms with Crippen LogP contribution in [0.1, 0.15) is 28.8 Å². The number of aromatic nitrogens is 2. The third-order valence-electron chi connectivity index (χ3n) is 4.57. The quantitative estimate of drug-likeness (QED) is 0.495. The lowest BCUT2D eigenvalue weighted by Crippen LogP contribution is -2.20. The van der Waals surface area contributed by atoms with Crippen LogP contribution in [0.25, 0.3) is 16.3 Å². The zero-order valence-electron chi connectivity index (χ0n) is 14.2. The van der Waals surface area contributed by atoms with E-state index in [1.807, 2.05) is 25.2 Å². The largest absolute Gasteiger partial charge is 0.290 e. The van der Waals surface area contributed by atoms with Gasteiger partial charge >= 0.3 is 0 Å². The summed E-state index contributed by atoms with van der Waals surface area (Å²) in [7, 11) is 1.84. The maximum absolute atomic E-state index is 12.8. The van der Waals surface area contributed by atoms with Gasteiger partial charge in [-0.1, -0.05) is 54.2 Å². The summed E-state index contributed by atoms with van der Waals surface area (Å²) >= 11 is 3.33. The van der Waals surface area contributed by atoms with E-state index >= 15 is 0 Å². The lowest BCUT2D eigenvalue weighted by atomic mass is 9.97. The number of rotatable bonds is 4. The molecule has 0 bridgehead atoms. The molecule has 5 heteroatoms. The van der Waals surface area contributed by atoms with Crippen molar-refractivity contribution in [2.45, 2.75) is 30.8 Å². The maximum Gasteiger partial charge on any atom is 0.262 e. The van der Waals surface area contributed by atoms with Gasteiger partial charge in [0.25, 0.3) is 5.56 Å². The van der Waals surface area contributed by atoms with E-state index in [1.165, 1.54) is 28.8 Å². The molecule has 0 amide bonds. The highest BCUT2D eigenvalue weighted by Crippen LogP contribution is 2.34. The second kappa shape index (κ2) is 7.18. The molecule has 2 heterocycles. The number of thiophene rings is 1. The van der Waals surface area contributed by atoms with Crippen molar-refractivity contribution in [3.05, 3.63) is 62.8 Å². The molecule has 0 fully saturated rings. The van der Waals surface area contributed by atoms with E-state index in [2.05, 4.69) is 24.3 Å². The van der Waals surface area contributed by atoms with E-state index < -0.39 is 0 Å².